The first kappa shape index (κ1) is 9.84. The van der Waals surface area contributed by atoms with Gasteiger partial charge in [0.1, 0.15) is 0 Å². The molecule has 0 bridgehead atoms. The lowest BCUT2D eigenvalue weighted by molar-refractivity contribution is 0.108. The Morgan fingerprint density at radius 2 is 2.38 bits per heavy atom. The van der Waals surface area contributed by atoms with Gasteiger partial charge < -0.3 is 9.15 Å². The van der Waals surface area contributed by atoms with Crippen LogP contribution in [-0.4, -0.2) is 12.9 Å². The molecule has 0 aliphatic carbocycles. The second-order valence-electron chi connectivity index (χ2n) is 3.10. The Kier molecular flexibility index (Phi) is 3.55. The predicted molar refractivity (Wildman–Crippen MR) is 49.0 cm³/mol. The largest absolute Gasteiger partial charge is 0.465 e. The molecule has 0 saturated carbocycles. The minimum Gasteiger partial charge on any atom is -0.465 e. The maximum Gasteiger partial charge on any atom is 0.284 e. The highest BCUT2D eigenvalue weighted by molar-refractivity contribution is 5.70. The first-order valence-electron chi connectivity index (χ1n) is 4.44. The summed E-state index contributed by atoms with van der Waals surface area (Å²) in [5.41, 5.74) is 0. The molecule has 0 fully saturated rings. The van der Waals surface area contributed by atoms with Crippen molar-refractivity contribution in [1.29, 1.82) is 0 Å². The first-order chi connectivity index (χ1) is 6.26. The average molecular weight is 182 g/mol. The van der Waals surface area contributed by atoms with E-state index in [2.05, 4.69) is 13.8 Å². The topological polar surface area (TPSA) is 39.4 Å². The van der Waals surface area contributed by atoms with Crippen molar-refractivity contribution in [2.75, 3.05) is 6.61 Å². The van der Waals surface area contributed by atoms with Crippen LogP contribution in [-0.2, 0) is 0 Å². The molecule has 0 aliphatic rings. The molecule has 0 amide bonds. The Labute approximate surface area is 77.7 Å². The summed E-state index contributed by atoms with van der Waals surface area (Å²) in [7, 11) is 0. The summed E-state index contributed by atoms with van der Waals surface area (Å²) in [6.45, 7) is 4.83. The number of rotatable bonds is 5. The van der Waals surface area contributed by atoms with E-state index in [0.29, 0.717) is 30.5 Å². The fourth-order valence-corrected chi connectivity index (χ4v) is 0.818. The van der Waals surface area contributed by atoms with E-state index in [1.165, 1.54) is 0 Å². The molecule has 0 N–H and O–H groups in total. The second-order valence-corrected chi connectivity index (χ2v) is 3.10. The van der Waals surface area contributed by atoms with E-state index in [9.17, 15) is 4.79 Å². The molecule has 1 heterocycles. The van der Waals surface area contributed by atoms with Crippen LogP contribution in [0.4, 0.5) is 0 Å². The molecular formula is C10H14O3. The van der Waals surface area contributed by atoms with E-state index in [-0.39, 0.29) is 0 Å². The highest BCUT2D eigenvalue weighted by Crippen LogP contribution is 2.15. The van der Waals surface area contributed by atoms with Crippen LogP contribution in [0.25, 0.3) is 0 Å². The van der Waals surface area contributed by atoms with E-state index in [0.717, 1.165) is 6.42 Å². The fourth-order valence-electron chi connectivity index (χ4n) is 0.818. The summed E-state index contributed by atoms with van der Waals surface area (Å²) < 4.78 is 10.4. The molecule has 1 aromatic heterocycles. The molecule has 1 rings (SSSR count). The number of hydrogen-bond donors (Lipinski definition) is 0. The molecule has 13 heavy (non-hydrogen) atoms. The molecule has 0 radical (unpaired) electrons. The van der Waals surface area contributed by atoms with Gasteiger partial charge in [-0.25, -0.2) is 0 Å². The van der Waals surface area contributed by atoms with Crippen molar-refractivity contribution >= 4 is 6.29 Å². The van der Waals surface area contributed by atoms with Crippen molar-refractivity contribution in [2.45, 2.75) is 20.3 Å². The van der Waals surface area contributed by atoms with Crippen LogP contribution < -0.4 is 4.74 Å². The molecule has 1 aromatic rings. The zero-order valence-electron chi connectivity index (χ0n) is 7.95. The molecular weight excluding hydrogens is 168 g/mol. The van der Waals surface area contributed by atoms with E-state index < -0.39 is 0 Å². The van der Waals surface area contributed by atoms with Gasteiger partial charge >= 0.3 is 0 Å². The van der Waals surface area contributed by atoms with Crippen LogP contribution in [0.3, 0.4) is 0 Å². The van der Waals surface area contributed by atoms with Gasteiger partial charge in [0.2, 0.25) is 0 Å². The summed E-state index contributed by atoms with van der Waals surface area (Å²) >= 11 is 0. The SMILES string of the molecule is CCC(C)COc1ccc(C=O)o1. The lowest BCUT2D eigenvalue weighted by atomic mass is 10.1. The smallest absolute Gasteiger partial charge is 0.284 e. The first-order valence-corrected chi connectivity index (χ1v) is 4.44. The molecule has 72 valence electrons. The Balaban J connectivity index is 2.40. The lowest BCUT2D eigenvalue weighted by Gasteiger charge is -2.07. The Morgan fingerprint density at radius 1 is 1.62 bits per heavy atom. The maximum atomic E-state index is 10.3. The van der Waals surface area contributed by atoms with Crippen molar-refractivity contribution in [3.05, 3.63) is 17.9 Å². The molecule has 0 spiro atoms. The Bertz CT molecular complexity index is 265. The third kappa shape index (κ3) is 2.93. The van der Waals surface area contributed by atoms with Crippen LogP contribution >= 0.6 is 0 Å². The zero-order valence-corrected chi connectivity index (χ0v) is 7.95. The summed E-state index contributed by atoms with van der Waals surface area (Å²) in [4.78, 5) is 10.3. The van der Waals surface area contributed by atoms with Gasteiger partial charge in [-0.05, 0) is 12.0 Å². The zero-order chi connectivity index (χ0) is 9.68. The van der Waals surface area contributed by atoms with Crippen LogP contribution in [0.1, 0.15) is 30.8 Å². The van der Waals surface area contributed by atoms with Crippen LogP contribution in [0, 0.1) is 5.92 Å². The minimum atomic E-state index is 0.305. The third-order valence-electron chi connectivity index (χ3n) is 1.93. The van der Waals surface area contributed by atoms with E-state index in [1.54, 1.807) is 12.1 Å². The predicted octanol–water partition coefficient (Wildman–Crippen LogP) is 2.52. The van der Waals surface area contributed by atoms with Crippen molar-refractivity contribution in [3.63, 3.8) is 0 Å². The van der Waals surface area contributed by atoms with Crippen LogP contribution in [0.5, 0.6) is 5.95 Å². The Morgan fingerprint density at radius 3 is 2.92 bits per heavy atom. The fraction of sp³-hybridized carbons (Fsp3) is 0.500. The van der Waals surface area contributed by atoms with E-state index in [4.69, 9.17) is 9.15 Å². The van der Waals surface area contributed by atoms with Crippen LogP contribution in [0.15, 0.2) is 16.5 Å². The Hall–Kier alpha value is -1.25. The molecule has 1 unspecified atom stereocenters. The summed E-state index contributed by atoms with van der Waals surface area (Å²) in [5, 5.41) is 0. The second kappa shape index (κ2) is 4.70. The molecule has 1 atom stereocenters. The van der Waals surface area contributed by atoms with Gasteiger partial charge in [0, 0.05) is 6.07 Å². The quantitative estimate of drug-likeness (QED) is 0.657. The van der Waals surface area contributed by atoms with E-state index >= 15 is 0 Å². The standard InChI is InChI=1S/C10H14O3/c1-3-8(2)7-12-10-5-4-9(6-11)13-10/h4-6,8H,3,7H2,1-2H3. The van der Waals surface area contributed by atoms with Gasteiger partial charge in [0.05, 0.1) is 6.61 Å². The molecule has 0 aromatic carbocycles. The highest BCUT2D eigenvalue weighted by Gasteiger charge is 2.04. The van der Waals surface area contributed by atoms with Gasteiger partial charge in [-0.2, -0.15) is 0 Å². The van der Waals surface area contributed by atoms with Gasteiger partial charge in [-0.1, -0.05) is 20.3 Å². The van der Waals surface area contributed by atoms with E-state index in [1.807, 2.05) is 0 Å². The van der Waals surface area contributed by atoms with Crippen molar-refractivity contribution < 1.29 is 13.9 Å². The lowest BCUT2D eigenvalue weighted by Crippen LogP contribution is -2.06. The minimum absolute atomic E-state index is 0.305. The number of carbonyl (C=O) groups is 1. The van der Waals surface area contributed by atoms with Crippen molar-refractivity contribution in [1.82, 2.24) is 0 Å². The monoisotopic (exact) mass is 182 g/mol. The number of furan rings is 1. The summed E-state index contributed by atoms with van der Waals surface area (Å²) in [6, 6.07) is 3.26. The molecule has 0 aliphatic heterocycles. The molecule has 0 saturated heterocycles. The maximum absolute atomic E-state index is 10.3. The number of carbonyl (C=O) groups excluding carboxylic acids is 1. The van der Waals surface area contributed by atoms with Gasteiger partial charge in [0.15, 0.2) is 12.0 Å². The molecule has 3 nitrogen and oxygen atoms in total. The van der Waals surface area contributed by atoms with Crippen LogP contribution in [0.2, 0.25) is 0 Å². The summed E-state index contributed by atoms with van der Waals surface area (Å²) in [5.74, 6) is 1.23. The normalized spacial score (nSPS) is 12.5. The highest BCUT2D eigenvalue weighted by atomic mass is 16.6. The number of ether oxygens (including phenoxy) is 1. The van der Waals surface area contributed by atoms with Crippen molar-refractivity contribution in [3.8, 4) is 5.95 Å². The number of aldehydes is 1. The van der Waals surface area contributed by atoms with Gasteiger partial charge in [-0.15, -0.1) is 0 Å². The van der Waals surface area contributed by atoms with Gasteiger partial charge in [0.25, 0.3) is 5.95 Å². The third-order valence-corrected chi connectivity index (χ3v) is 1.93. The number of hydrogen-bond acceptors (Lipinski definition) is 3. The average Bonchev–Trinajstić information content (AvgIpc) is 2.61. The molecule has 3 heteroatoms. The van der Waals surface area contributed by atoms with Crippen molar-refractivity contribution in [2.24, 2.45) is 5.92 Å². The van der Waals surface area contributed by atoms with Gasteiger partial charge in [-0.3, -0.25) is 4.79 Å². The summed E-state index contributed by atoms with van der Waals surface area (Å²) in [6.07, 6.45) is 1.73.